The predicted octanol–water partition coefficient (Wildman–Crippen LogP) is 4.49. The smallest absolute Gasteiger partial charge is 0.262 e. The van der Waals surface area contributed by atoms with Crippen molar-refractivity contribution in [2.45, 2.75) is 31.3 Å². The molecule has 0 saturated heterocycles. The summed E-state index contributed by atoms with van der Waals surface area (Å²) >= 11 is 0. The molecule has 0 radical (unpaired) electrons. The van der Waals surface area contributed by atoms with Crippen LogP contribution in [0.4, 0.5) is 14.5 Å². The zero-order valence-electron chi connectivity index (χ0n) is 19.4. The molecule has 1 atom stereocenters. The van der Waals surface area contributed by atoms with Crippen LogP contribution in [0.3, 0.4) is 0 Å². The van der Waals surface area contributed by atoms with Crippen LogP contribution in [0.2, 0.25) is 0 Å². The number of imide groups is 1. The van der Waals surface area contributed by atoms with E-state index in [1.165, 1.54) is 19.2 Å². The second kappa shape index (κ2) is 10.1. The third-order valence-corrected chi connectivity index (χ3v) is 6.27. The standard InChI is InChI=1S/C27H22F2N2O4.H2S/c1-35-21-10-8-20(9-11-21)30(19-6-7-19)27(34)24(14-16-12-17(28)15-18(29)13-16)31-25(32)22-4-2-3-5-23(22)26(31)33;/h2-5,8-13,15,19,24H,6-7,14H2,1H3;1H2/t24-;/m0./s1. The Balaban J connectivity index is 0.00000304. The van der Waals surface area contributed by atoms with Crippen molar-refractivity contribution >= 4 is 36.9 Å². The molecule has 5 rings (SSSR count). The van der Waals surface area contributed by atoms with Crippen LogP contribution in [0.1, 0.15) is 39.1 Å². The monoisotopic (exact) mass is 510 g/mol. The molecular formula is C27H24F2N2O4S. The highest BCUT2D eigenvalue weighted by Gasteiger charge is 2.46. The number of amides is 3. The molecule has 3 amide bonds. The van der Waals surface area contributed by atoms with Crippen molar-refractivity contribution in [3.05, 3.63) is 95.1 Å². The summed E-state index contributed by atoms with van der Waals surface area (Å²) in [6.07, 6.45) is 1.31. The molecule has 36 heavy (non-hydrogen) atoms. The first-order chi connectivity index (χ1) is 16.9. The molecular weight excluding hydrogens is 486 g/mol. The zero-order chi connectivity index (χ0) is 24.7. The summed E-state index contributed by atoms with van der Waals surface area (Å²) in [5, 5.41) is 0. The number of benzene rings is 3. The third kappa shape index (κ3) is 4.70. The van der Waals surface area contributed by atoms with Gasteiger partial charge in [-0.15, -0.1) is 0 Å². The molecule has 1 aliphatic heterocycles. The number of halogens is 2. The van der Waals surface area contributed by atoms with Crippen LogP contribution in [0.25, 0.3) is 0 Å². The van der Waals surface area contributed by atoms with E-state index in [0.717, 1.165) is 35.9 Å². The fourth-order valence-corrected chi connectivity index (χ4v) is 4.49. The minimum absolute atomic E-state index is 0. The van der Waals surface area contributed by atoms with Crippen LogP contribution in [-0.2, 0) is 11.2 Å². The molecule has 6 nitrogen and oxygen atoms in total. The molecule has 1 fully saturated rings. The van der Waals surface area contributed by atoms with Crippen LogP contribution in [0.5, 0.6) is 5.75 Å². The van der Waals surface area contributed by atoms with Gasteiger partial charge in [-0.05, 0) is 66.9 Å². The maximum absolute atomic E-state index is 14.0. The maximum atomic E-state index is 14.0. The van der Waals surface area contributed by atoms with Crippen molar-refractivity contribution in [2.75, 3.05) is 12.0 Å². The fourth-order valence-electron chi connectivity index (χ4n) is 4.49. The van der Waals surface area contributed by atoms with E-state index in [9.17, 15) is 23.2 Å². The van der Waals surface area contributed by atoms with Gasteiger partial charge >= 0.3 is 0 Å². The van der Waals surface area contributed by atoms with Gasteiger partial charge in [0.15, 0.2) is 0 Å². The van der Waals surface area contributed by atoms with Crippen LogP contribution < -0.4 is 9.64 Å². The predicted molar refractivity (Wildman–Crippen MR) is 135 cm³/mol. The summed E-state index contributed by atoms with van der Waals surface area (Å²) in [4.78, 5) is 43.1. The maximum Gasteiger partial charge on any atom is 0.262 e. The summed E-state index contributed by atoms with van der Waals surface area (Å²) in [5.74, 6) is -2.69. The van der Waals surface area contributed by atoms with Crippen molar-refractivity contribution in [1.29, 1.82) is 0 Å². The second-order valence-electron chi connectivity index (χ2n) is 8.66. The summed E-state index contributed by atoms with van der Waals surface area (Å²) in [5.41, 5.74) is 1.15. The van der Waals surface area contributed by atoms with Gasteiger partial charge in [0.05, 0.1) is 18.2 Å². The normalized spacial score (nSPS) is 15.2. The highest BCUT2D eigenvalue weighted by Crippen LogP contribution is 2.35. The van der Waals surface area contributed by atoms with Gasteiger partial charge in [0.25, 0.3) is 17.7 Å². The number of rotatable bonds is 7. The highest BCUT2D eigenvalue weighted by molar-refractivity contribution is 7.59. The van der Waals surface area contributed by atoms with E-state index in [-0.39, 0.29) is 42.6 Å². The molecule has 0 bridgehead atoms. The van der Waals surface area contributed by atoms with Gasteiger partial charge in [0, 0.05) is 24.2 Å². The molecule has 186 valence electrons. The van der Waals surface area contributed by atoms with Gasteiger partial charge in [0.2, 0.25) is 0 Å². The molecule has 1 aliphatic carbocycles. The van der Waals surface area contributed by atoms with E-state index in [0.29, 0.717) is 11.4 Å². The van der Waals surface area contributed by atoms with E-state index in [1.807, 2.05) is 0 Å². The van der Waals surface area contributed by atoms with Crippen molar-refractivity contribution in [3.8, 4) is 5.75 Å². The van der Waals surface area contributed by atoms with Gasteiger partial charge in [-0.25, -0.2) is 8.78 Å². The summed E-state index contributed by atoms with van der Waals surface area (Å²) < 4.78 is 33.1. The number of anilines is 1. The number of methoxy groups -OCH3 is 1. The van der Waals surface area contributed by atoms with Crippen LogP contribution in [0.15, 0.2) is 66.7 Å². The van der Waals surface area contributed by atoms with E-state index in [2.05, 4.69) is 0 Å². The van der Waals surface area contributed by atoms with E-state index in [4.69, 9.17) is 4.74 Å². The first kappa shape index (κ1) is 25.4. The molecule has 9 heteroatoms. The van der Waals surface area contributed by atoms with Gasteiger partial charge in [0.1, 0.15) is 23.4 Å². The first-order valence-electron chi connectivity index (χ1n) is 11.3. The fraction of sp³-hybridized carbons (Fsp3) is 0.222. The molecule has 1 heterocycles. The largest absolute Gasteiger partial charge is 0.497 e. The molecule has 0 aromatic heterocycles. The van der Waals surface area contributed by atoms with E-state index >= 15 is 0 Å². The Morgan fingerprint density at radius 3 is 2.03 bits per heavy atom. The minimum Gasteiger partial charge on any atom is -0.497 e. The Labute approximate surface area is 213 Å². The quantitative estimate of drug-likeness (QED) is 0.440. The van der Waals surface area contributed by atoms with Crippen molar-refractivity contribution in [3.63, 3.8) is 0 Å². The lowest BCUT2D eigenvalue weighted by molar-refractivity contribution is -0.122. The number of ether oxygens (including phenoxy) is 1. The second-order valence-corrected chi connectivity index (χ2v) is 8.66. The Kier molecular flexibility index (Phi) is 7.12. The zero-order valence-corrected chi connectivity index (χ0v) is 20.4. The molecule has 0 spiro atoms. The third-order valence-electron chi connectivity index (χ3n) is 6.27. The topological polar surface area (TPSA) is 66.9 Å². The Bertz CT molecular complexity index is 1270. The van der Waals surface area contributed by atoms with Crippen molar-refractivity contribution in [2.24, 2.45) is 0 Å². The average Bonchev–Trinajstić information content (AvgIpc) is 3.64. The molecule has 0 unspecified atom stereocenters. The number of fused-ring (bicyclic) bond motifs is 1. The van der Waals surface area contributed by atoms with Crippen molar-refractivity contribution in [1.82, 2.24) is 4.90 Å². The molecule has 0 N–H and O–H groups in total. The first-order valence-corrected chi connectivity index (χ1v) is 11.3. The SMILES string of the molecule is COc1ccc(N(C(=O)[C@H](Cc2cc(F)cc(F)c2)N2C(=O)c3ccccc3C2=O)C2CC2)cc1.S. The van der Waals surface area contributed by atoms with Crippen molar-refractivity contribution < 1.29 is 27.9 Å². The van der Waals surface area contributed by atoms with Crippen LogP contribution in [0, 0.1) is 11.6 Å². The lowest BCUT2D eigenvalue weighted by Crippen LogP contribution is -2.53. The molecule has 2 aliphatic rings. The number of carbonyl (C=O) groups excluding carboxylic acids is 3. The summed E-state index contributed by atoms with van der Waals surface area (Å²) in [6, 6.07) is 14.8. The summed E-state index contributed by atoms with van der Waals surface area (Å²) in [7, 11) is 1.54. The van der Waals surface area contributed by atoms with Gasteiger partial charge < -0.3 is 9.64 Å². The molecule has 1 saturated carbocycles. The molecule has 3 aromatic rings. The Morgan fingerprint density at radius 1 is 0.972 bits per heavy atom. The van der Waals surface area contributed by atoms with Gasteiger partial charge in [-0.3, -0.25) is 19.3 Å². The lowest BCUT2D eigenvalue weighted by Gasteiger charge is -2.32. The van der Waals surface area contributed by atoms with Gasteiger partial charge in [-0.2, -0.15) is 13.5 Å². The number of carbonyl (C=O) groups is 3. The van der Waals surface area contributed by atoms with E-state index < -0.39 is 35.4 Å². The minimum atomic E-state index is -1.29. The summed E-state index contributed by atoms with van der Waals surface area (Å²) in [6.45, 7) is 0. The Morgan fingerprint density at radius 2 is 1.53 bits per heavy atom. The van der Waals surface area contributed by atoms with Gasteiger partial charge in [-0.1, -0.05) is 12.1 Å². The average molecular weight is 511 g/mol. The molecule has 3 aromatic carbocycles. The lowest BCUT2D eigenvalue weighted by atomic mass is 10.0. The number of hydrogen-bond acceptors (Lipinski definition) is 4. The van der Waals surface area contributed by atoms with E-state index in [1.54, 1.807) is 41.3 Å². The number of hydrogen-bond donors (Lipinski definition) is 0. The van der Waals surface area contributed by atoms with Crippen LogP contribution >= 0.6 is 13.5 Å². The highest BCUT2D eigenvalue weighted by atomic mass is 32.1. The number of nitrogens with zero attached hydrogens (tertiary/aromatic N) is 2. The Hall–Kier alpha value is -3.72. The van der Waals surface area contributed by atoms with Crippen LogP contribution in [-0.4, -0.2) is 41.8 Å².